The van der Waals surface area contributed by atoms with Crippen molar-refractivity contribution in [1.29, 1.82) is 0 Å². The fourth-order valence-corrected chi connectivity index (χ4v) is 2.70. The summed E-state index contributed by atoms with van der Waals surface area (Å²) in [5.74, 6) is -1.23. The highest BCUT2D eigenvalue weighted by Crippen LogP contribution is 2.17. The molecule has 1 N–H and O–H groups in total. The third-order valence-corrected chi connectivity index (χ3v) is 4.00. The Hall–Kier alpha value is -3.21. The van der Waals surface area contributed by atoms with Gasteiger partial charge in [0.1, 0.15) is 6.33 Å². The zero-order valence-electron chi connectivity index (χ0n) is 14.6. The molecule has 3 aromatic rings. The van der Waals surface area contributed by atoms with E-state index in [0.717, 1.165) is 18.5 Å². The zero-order valence-corrected chi connectivity index (χ0v) is 14.6. The second-order valence-electron chi connectivity index (χ2n) is 5.87. The number of hydrogen-bond donors (Lipinski definition) is 1. The monoisotopic (exact) mass is 348 g/mol. The third kappa shape index (κ3) is 4.45. The van der Waals surface area contributed by atoms with E-state index in [1.54, 1.807) is 13.0 Å². The fraction of sp³-hybridized carbons (Fsp3) is 0.190. The lowest BCUT2D eigenvalue weighted by molar-refractivity contribution is -0.141. The predicted octanol–water partition coefficient (Wildman–Crippen LogP) is 3.88. The van der Waals surface area contributed by atoms with Crippen molar-refractivity contribution in [2.45, 2.75) is 19.8 Å². The molecule has 0 unspecified atom stereocenters. The van der Waals surface area contributed by atoms with Crippen LogP contribution in [-0.2, 0) is 22.4 Å². The predicted molar refractivity (Wildman–Crippen MR) is 101 cm³/mol. The zero-order chi connectivity index (χ0) is 18.4. The summed E-state index contributed by atoms with van der Waals surface area (Å²) < 4.78 is 4.75. The minimum atomic E-state index is -0.760. The highest BCUT2D eigenvalue weighted by Gasteiger charge is 2.09. The minimum Gasteiger partial charge on any atom is -0.502 e. The Labute approximate surface area is 152 Å². The molecule has 3 rings (SSSR count). The van der Waals surface area contributed by atoms with Gasteiger partial charge in [0.05, 0.1) is 12.3 Å². The molecule has 1 heterocycles. The van der Waals surface area contributed by atoms with Crippen molar-refractivity contribution in [3.8, 4) is 0 Å². The topological polar surface area (TPSA) is 72.3 Å². The molecule has 5 nitrogen and oxygen atoms in total. The molecular formula is C21H20N2O3. The van der Waals surface area contributed by atoms with E-state index in [1.807, 2.05) is 12.1 Å². The number of carbonyl (C=O) groups excluding carboxylic acids is 1. The highest BCUT2D eigenvalue weighted by molar-refractivity contribution is 5.90. The van der Waals surface area contributed by atoms with Crippen LogP contribution >= 0.6 is 0 Å². The van der Waals surface area contributed by atoms with Crippen molar-refractivity contribution in [1.82, 2.24) is 9.97 Å². The van der Waals surface area contributed by atoms with E-state index in [2.05, 4.69) is 40.3 Å². The summed E-state index contributed by atoms with van der Waals surface area (Å²) in [4.78, 5) is 19.8. The van der Waals surface area contributed by atoms with Gasteiger partial charge in [-0.05, 0) is 42.2 Å². The highest BCUT2D eigenvalue weighted by atomic mass is 16.5. The van der Waals surface area contributed by atoms with Gasteiger partial charge in [0.2, 0.25) is 5.76 Å². The van der Waals surface area contributed by atoms with Gasteiger partial charge in [-0.25, -0.2) is 14.8 Å². The molecule has 0 saturated heterocycles. The molecule has 1 aromatic heterocycles. The lowest BCUT2D eigenvalue weighted by Gasteiger charge is -2.05. The number of aromatic nitrogens is 2. The van der Waals surface area contributed by atoms with Crippen LogP contribution in [0.5, 0.6) is 0 Å². The van der Waals surface area contributed by atoms with Crippen LogP contribution in [0, 0.1) is 0 Å². The molecule has 0 bridgehead atoms. The van der Waals surface area contributed by atoms with Crippen LogP contribution in [0.4, 0.5) is 0 Å². The van der Waals surface area contributed by atoms with Crippen molar-refractivity contribution < 1.29 is 14.6 Å². The molecule has 0 amide bonds. The minimum absolute atomic E-state index is 0.206. The largest absolute Gasteiger partial charge is 0.502 e. The van der Waals surface area contributed by atoms with E-state index in [4.69, 9.17) is 4.74 Å². The lowest BCUT2D eigenvalue weighted by atomic mass is 10.0. The fourth-order valence-electron chi connectivity index (χ4n) is 2.70. The number of carbonyl (C=O) groups is 1. The van der Waals surface area contributed by atoms with Crippen molar-refractivity contribution in [2.24, 2.45) is 0 Å². The molecule has 0 aliphatic heterocycles. The van der Waals surface area contributed by atoms with Crippen LogP contribution in [0.15, 0.2) is 60.6 Å². The van der Waals surface area contributed by atoms with Gasteiger partial charge in [-0.2, -0.15) is 0 Å². The van der Waals surface area contributed by atoms with Crippen molar-refractivity contribution in [3.63, 3.8) is 0 Å². The molecule has 0 aliphatic rings. The number of rotatable bonds is 6. The number of fused-ring (bicyclic) bond motifs is 1. The summed E-state index contributed by atoms with van der Waals surface area (Å²) in [6.07, 6.45) is 4.30. The van der Waals surface area contributed by atoms with E-state index >= 15 is 0 Å². The summed E-state index contributed by atoms with van der Waals surface area (Å²) in [6.45, 7) is 1.89. The third-order valence-electron chi connectivity index (χ3n) is 4.00. The van der Waals surface area contributed by atoms with Gasteiger partial charge in [-0.1, -0.05) is 42.5 Å². The van der Waals surface area contributed by atoms with Crippen LogP contribution in [0.25, 0.3) is 16.8 Å². The van der Waals surface area contributed by atoms with Crippen molar-refractivity contribution in [3.05, 3.63) is 77.6 Å². The maximum Gasteiger partial charge on any atom is 0.373 e. The van der Waals surface area contributed by atoms with E-state index in [1.165, 1.54) is 28.7 Å². The van der Waals surface area contributed by atoms with Crippen LogP contribution < -0.4 is 0 Å². The lowest BCUT2D eigenvalue weighted by Crippen LogP contribution is -2.07. The molecule has 0 aliphatic carbocycles. The number of ether oxygens (including phenoxy) is 1. The first kappa shape index (κ1) is 17.6. The molecule has 0 atom stereocenters. The number of esters is 1. The number of benzene rings is 2. The van der Waals surface area contributed by atoms with E-state index in [0.29, 0.717) is 5.69 Å². The van der Waals surface area contributed by atoms with Crippen molar-refractivity contribution in [2.75, 3.05) is 6.61 Å². The quantitative estimate of drug-likeness (QED) is 0.416. The Balaban J connectivity index is 1.70. The van der Waals surface area contributed by atoms with Crippen molar-refractivity contribution >= 4 is 22.8 Å². The molecule has 0 fully saturated rings. The first-order chi connectivity index (χ1) is 12.7. The summed E-state index contributed by atoms with van der Waals surface area (Å²) in [7, 11) is 0. The summed E-state index contributed by atoms with van der Waals surface area (Å²) in [5, 5.41) is 12.2. The van der Waals surface area contributed by atoms with Gasteiger partial charge in [-0.3, -0.25) is 0 Å². The maximum absolute atomic E-state index is 11.5. The molecular weight excluding hydrogens is 328 g/mol. The second-order valence-corrected chi connectivity index (χ2v) is 5.87. The average Bonchev–Trinajstić information content (AvgIpc) is 2.66. The van der Waals surface area contributed by atoms with Crippen LogP contribution in [0.1, 0.15) is 23.9 Å². The molecule has 0 spiro atoms. The van der Waals surface area contributed by atoms with Gasteiger partial charge >= 0.3 is 5.97 Å². The first-order valence-electron chi connectivity index (χ1n) is 8.52. The molecule has 132 valence electrons. The molecule has 0 saturated carbocycles. The van der Waals surface area contributed by atoms with Gasteiger partial charge in [-0.15, -0.1) is 0 Å². The first-order valence-corrected chi connectivity index (χ1v) is 8.52. The van der Waals surface area contributed by atoms with Crippen LogP contribution in [-0.4, -0.2) is 27.7 Å². The molecule has 26 heavy (non-hydrogen) atoms. The SMILES string of the molecule is CCOC(=O)/C(O)=C/c1cc(CCc2ccc3ccccc3c2)ncn1. The Bertz CT molecular complexity index is 951. The Kier molecular flexibility index (Phi) is 5.59. The van der Waals surface area contributed by atoms with Gasteiger partial charge < -0.3 is 9.84 Å². The van der Waals surface area contributed by atoms with E-state index < -0.39 is 11.7 Å². The maximum atomic E-state index is 11.5. The van der Waals surface area contributed by atoms with Gasteiger partial charge in [0, 0.05) is 11.8 Å². The summed E-state index contributed by atoms with van der Waals surface area (Å²) >= 11 is 0. The Morgan fingerprint density at radius 2 is 1.88 bits per heavy atom. The van der Waals surface area contributed by atoms with E-state index in [-0.39, 0.29) is 6.61 Å². The second kappa shape index (κ2) is 8.25. The normalized spacial score (nSPS) is 11.5. The molecule has 5 heteroatoms. The number of hydrogen-bond acceptors (Lipinski definition) is 5. The van der Waals surface area contributed by atoms with Gasteiger partial charge in [0.15, 0.2) is 0 Å². The number of aliphatic hydroxyl groups excluding tert-OH is 1. The average molecular weight is 348 g/mol. The van der Waals surface area contributed by atoms with Gasteiger partial charge in [0.25, 0.3) is 0 Å². The number of aryl methyl sites for hydroxylation is 2. The van der Waals surface area contributed by atoms with Crippen LogP contribution in [0.3, 0.4) is 0 Å². The van der Waals surface area contributed by atoms with Crippen LogP contribution in [0.2, 0.25) is 0 Å². The standard InChI is InChI=1S/C21H20N2O3/c1-2-26-21(25)20(24)13-19-12-18(22-14-23-19)10-8-15-7-9-16-5-3-4-6-17(16)11-15/h3-7,9,11-14,24H,2,8,10H2,1H3/b20-13-. The number of nitrogens with zero attached hydrogens (tertiary/aromatic N) is 2. The Morgan fingerprint density at radius 1 is 1.08 bits per heavy atom. The smallest absolute Gasteiger partial charge is 0.373 e. The number of aliphatic hydroxyl groups is 1. The summed E-state index contributed by atoms with van der Waals surface area (Å²) in [6, 6.07) is 16.4. The van der Waals surface area contributed by atoms with E-state index in [9.17, 15) is 9.90 Å². The summed E-state index contributed by atoms with van der Waals surface area (Å²) in [5.41, 5.74) is 2.55. The Morgan fingerprint density at radius 3 is 2.69 bits per heavy atom. The molecule has 2 aromatic carbocycles. The molecule has 0 radical (unpaired) electrons.